The Morgan fingerprint density at radius 3 is 2.65 bits per heavy atom. The quantitative estimate of drug-likeness (QED) is 0.628. The first-order chi connectivity index (χ1) is 12.2. The number of halogens is 3. The number of carbonyl (C=O) groups excluding carboxylic acids is 2. The Bertz CT molecular complexity index is 955. The molecule has 9 heteroatoms. The predicted molar refractivity (Wildman–Crippen MR) is 89.1 cm³/mol. The molecule has 0 saturated carbocycles. The molecule has 1 amide bonds. The molecular formula is C17H13ClF2N2O4. The molecule has 0 radical (unpaired) electrons. The van der Waals surface area contributed by atoms with Gasteiger partial charge in [0, 0.05) is 17.8 Å². The number of aromatic nitrogens is 1. The van der Waals surface area contributed by atoms with Crippen LogP contribution >= 0.6 is 11.6 Å². The number of aliphatic carboxylic acids is 1. The lowest BCUT2D eigenvalue weighted by atomic mass is 10.0. The standard InChI is InChI=1S/C17H13ClF2N2O4/c1-7-13(15(23)17(25)26)12-4-8(19)6-22(12)14(7)16(24)21-9-2-3-11(20)10(18)5-9/h2-3,5,8H,4,6H2,1H3,(H,21,24)(H,25,26). The smallest absolute Gasteiger partial charge is 0.377 e. The third-order valence-electron chi connectivity index (χ3n) is 4.22. The molecule has 2 heterocycles. The highest BCUT2D eigenvalue weighted by atomic mass is 35.5. The normalized spacial score (nSPS) is 15.6. The van der Waals surface area contributed by atoms with Crippen molar-refractivity contribution in [2.24, 2.45) is 0 Å². The van der Waals surface area contributed by atoms with E-state index in [9.17, 15) is 23.2 Å². The van der Waals surface area contributed by atoms with Gasteiger partial charge in [-0.25, -0.2) is 13.6 Å². The summed E-state index contributed by atoms with van der Waals surface area (Å²) in [5, 5.41) is 11.3. The van der Waals surface area contributed by atoms with E-state index in [4.69, 9.17) is 16.7 Å². The Balaban J connectivity index is 2.03. The van der Waals surface area contributed by atoms with Gasteiger partial charge in [0.05, 0.1) is 17.1 Å². The maximum Gasteiger partial charge on any atom is 0.377 e. The maximum absolute atomic E-state index is 13.8. The molecule has 1 aliphatic heterocycles. The van der Waals surface area contributed by atoms with Crippen LogP contribution in [0, 0.1) is 12.7 Å². The zero-order chi connectivity index (χ0) is 19.2. The molecule has 1 aromatic heterocycles. The number of fused-ring (bicyclic) bond motifs is 1. The second-order valence-corrected chi connectivity index (χ2v) is 6.33. The topological polar surface area (TPSA) is 88.4 Å². The number of hydrogen-bond donors (Lipinski definition) is 2. The van der Waals surface area contributed by atoms with Crippen LogP contribution in [0.15, 0.2) is 18.2 Å². The Morgan fingerprint density at radius 2 is 2.04 bits per heavy atom. The lowest BCUT2D eigenvalue weighted by molar-refractivity contribution is -0.131. The van der Waals surface area contributed by atoms with E-state index in [1.807, 2.05) is 0 Å². The number of anilines is 1. The maximum atomic E-state index is 13.8. The van der Waals surface area contributed by atoms with E-state index in [-0.39, 0.29) is 46.2 Å². The van der Waals surface area contributed by atoms with Crippen LogP contribution in [0.5, 0.6) is 0 Å². The van der Waals surface area contributed by atoms with E-state index in [1.165, 1.54) is 23.6 Å². The van der Waals surface area contributed by atoms with Crippen LogP contribution in [0.3, 0.4) is 0 Å². The summed E-state index contributed by atoms with van der Waals surface area (Å²) < 4.78 is 28.4. The molecule has 0 fully saturated rings. The molecule has 0 aliphatic carbocycles. The van der Waals surface area contributed by atoms with E-state index < -0.39 is 29.6 Å². The van der Waals surface area contributed by atoms with Crippen LogP contribution in [0.25, 0.3) is 0 Å². The fraction of sp³-hybridized carbons (Fsp3) is 0.235. The highest BCUT2D eigenvalue weighted by Gasteiger charge is 2.36. The van der Waals surface area contributed by atoms with Gasteiger partial charge in [-0.1, -0.05) is 11.6 Å². The van der Waals surface area contributed by atoms with Gasteiger partial charge in [-0.05, 0) is 30.7 Å². The van der Waals surface area contributed by atoms with Crippen LogP contribution in [0.1, 0.15) is 32.1 Å². The average molecular weight is 383 g/mol. The van der Waals surface area contributed by atoms with Gasteiger partial charge in [0.1, 0.15) is 17.7 Å². The monoisotopic (exact) mass is 382 g/mol. The molecule has 2 aromatic rings. The van der Waals surface area contributed by atoms with Gasteiger partial charge in [-0.15, -0.1) is 0 Å². The Hall–Kier alpha value is -2.74. The van der Waals surface area contributed by atoms with Crippen molar-refractivity contribution in [3.8, 4) is 0 Å². The summed E-state index contributed by atoms with van der Waals surface area (Å²) in [5.41, 5.74) is 0.372. The van der Waals surface area contributed by atoms with Crippen molar-refractivity contribution in [1.82, 2.24) is 4.57 Å². The van der Waals surface area contributed by atoms with Crippen molar-refractivity contribution in [1.29, 1.82) is 0 Å². The van der Waals surface area contributed by atoms with Gasteiger partial charge in [0.2, 0.25) is 0 Å². The van der Waals surface area contributed by atoms with Gasteiger partial charge < -0.3 is 15.0 Å². The fourth-order valence-electron chi connectivity index (χ4n) is 3.16. The second kappa shape index (κ2) is 6.53. The zero-order valence-corrected chi connectivity index (χ0v) is 14.2. The van der Waals surface area contributed by atoms with E-state index in [0.717, 1.165) is 6.07 Å². The van der Waals surface area contributed by atoms with Gasteiger partial charge in [0.25, 0.3) is 11.7 Å². The number of hydrogen-bond acceptors (Lipinski definition) is 3. The van der Waals surface area contributed by atoms with Crippen LogP contribution in [0.2, 0.25) is 5.02 Å². The molecule has 1 atom stereocenters. The Labute approximate surface area is 151 Å². The number of amides is 1. The summed E-state index contributed by atoms with van der Waals surface area (Å²) in [7, 11) is 0. The number of carboxylic acid groups (broad SMARTS) is 1. The summed E-state index contributed by atoms with van der Waals surface area (Å²) in [5.74, 6) is -4.20. The molecule has 6 nitrogen and oxygen atoms in total. The minimum Gasteiger partial charge on any atom is -0.475 e. The summed E-state index contributed by atoms with van der Waals surface area (Å²) >= 11 is 5.68. The molecule has 0 spiro atoms. The number of alkyl halides is 1. The molecule has 1 aliphatic rings. The lowest BCUT2D eigenvalue weighted by Gasteiger charge is -2.10. The van der Waals surface area contributed by atoms with Gasteiger partial charge in [-0.2, -0.15) is 0 Å². The molecule has 1 aromatic carbocycles. The molecule has 3 rings (SSSR count). The molecule has 2 N–H and O–H groups in total. The first-order valence-electron chi connectivity index (χ1n) is 7.60. The average Bonchev–Trinajstić information content (AvgIpc) is 3.03. The first kappa shape index (κ1) is 18.1. The summed E-state index contributed by atoms with van der Waals surface area (Å²) in [6, 6.07) is 3.58. The van der Waals surface area contributed by atoms with Crippen molar-refractivity contribution in [2.45, 2.75) is 26.1 Å². The number of rotatable bonds is 4. The van der Waals surface area contributed by atoms with Crippen molar-refractivity contribution in [3.63, 3.8) is 0 Å². The van der Waals surface area contributed by atoms with Crippen LogP contribution in [0.4, 0.5) is 14.5 Å². The van der Waals surface area contributed by atoms with E-state index in [1.54, 1.807) is 0 Å². The SMILES string of the molecule is Cc1c(C(=O)C(=O)O)c2n(c1C(=O)Nc1ccc(F)c(Cl)c1)CC(F)C2. The van der Waals surface area contributed by atoms with Crippen molar-refractivity contribution in [3.05, 3.63) is 51.6 Å². The first-order valence-corrected chi connectivity index (χ1v) is 7.98. The molecule has 0 saturated heterocycles. The molecule has 0 bridgehead atoms. The minimum atomic E-state index is -1.68. The van der Waals surface area contributed by atoms with Gasteiger partial charge in [0.15, 0.2) is 0 Å². The number of Topliss-reactive ketones (excluding diaryl/α,β-unsaturated/α-hetero) is 1. The van der Waals surface area contributed by atoms with Crippen molar-refractivity contribution >= 4 is 34.9 Å². The largest absolute Gasteiger partial charge is 0.475 e. The molecule has 1 unspecified atom stereocenters. The number of carbonyl (C=O) groups is 3. The predicted octanol–water partition coefficient (Wildman–Crippen LogP) is 3.00. The third-order valence-corrected chi connectivity index (χ3v) is 4.51. The Kier molecular flexibility index (Phi) is 4.53. The fourth-order valence-corrected chi connectivity index (χ4v) is 3.34. The highest BCUT2D eigenvalue weighted by Crippen LogP contribution is 2.31. The van der Waals surface area contributed by atoms with Crippen LogP contribution in [-0.2, 0) is 17.8 Å². The molecule has 26 heavy (non-hydrogen) atoms. The summed E-state index contributed by atoms with van der Waals surface area (Å²) in [6.45, 7) is 1.28. The van der Waals surface area contributed by atoms with Crippen LogP contribution in [-0.4, -0.2) is 33.5 Å². The van der Waals surface area contributed by atoms with E-state index in [2.05, 4.69) is 5.32 Å². The van der Waals surface area contributed by atoms with E-state index >= 15 is 0 Å². The van der Waals surface area contributed by atoms with Gasteiger partial charge >= 0.3 is 5.97 Å². The van der Waals surface area contributed by atoms with Gasteiger partial charge in [-0.3, -0.25) is 9.59 Å². The number of ketones is 1. The van der Waals surface area contributed by atoms with Crippen molar-refractivity contribution in [2.75, 3.05) is 5.32 Å². The minimum absolute atomic E-state index is 0.00908. The highest BCUT2D eigenvalue weighted by molar-refractivity contribution is 6.41. The number of benzene rings is 1. The molecular weight excluding hydrogens is 370 g/mol. The third kappa shape index (κ3) is 2.96. The second-order valence-electron chi connectivity index (χ2n) is 5.92. The number of carboxylic acids is 1. The van der Waals surface area contributed by atoms with Crippen molar-refractivity contribution < 1.29 is 28.3 Å². The van der Waals surface area contributed by atoms with E-state index in [0.29, 0.717) is 0 Å². The van der Waals surface area contributed by atoms with Crippen LogP contribution < -0.4 is 5.32 Å². The number of nitrogens with one attached hydrogen (secondary N) is 1. The lowest BCUT2D eigenvalue weighted by Crippen LogP contribution is -2.19. The summed E-state index contributed by atoms with van der Waals surface area (Å²) in [4.78, 5) is 35.7. The Morgan fingerprint density at radius 1 is 1.35 bits per heavy atom. The molecule has 136 valence electrons. The number of nitrogens with zero attached hydrogens (tertiary/aromatic N) is 1. The summed E-state index contributed by atoms with van der Waals surface area (Å²) in [6.07, 6.45) is -1.47. The zero-order valence-electron chi connectivity index (χ0n) is 13.5.